The van der Waals surface area contributed by atoms with Crippen molar-refractivity contribution in [3.05, 3.63) is 29.8 Å². The normalized spacial score (nSPS) is 11.7. The number of ether oxygens (including phenoxy) is 2. The Morgan fingerprint density at radius 2 is 1.89 bits per heavy atom. The second-order valence-electron chi connectivity index (χ2n) is 3.95. The molecule has 0 spiro atoms. The molecular formula is C13H17NO5. The minimum absolute atomic E-state index is 0.188. The van der Waals surface area contributed by atoms with E-state index in [-0.39, 0.29) is 18.6 Å². The molecule has 0 radical (unpaired) electrons. The van der Waals surface area contributed by atoms with Crippen molar-refractivity contribution in [2.75, 3.05) is 20.3 Å². The van der Waals surface area contributed by atoms with Gasteiger partial charge >= 0.3 is 5.97 Å². The number of carbonyl (C=O) groups is 2. The SMILES string of the molecule is COc1ccc([C@@H](C)NC(=O)COCC(=O)O)cc1. The minimum Gasteiger partial charge on any atom is -0.497 e. The molecule has 6 heteroatoms. The van der Waals surface area contributed by atoms with Crippen molar-refractivity contribution in [3.63, 3.8) is 0 Å². The van der Waals surface area contributed by atoms with Crippen LogP contribution >= 0.6 is 0 Å². The van der Waals surface area contributed by atoms with Gasteiger partial charge < -0.3 is 19.9 Å². The van der Waals surface area contributed by atoms with Gasteiger partial charge in [-0.1, -0.05) is 12.1 Å². The van der Waals surface area contributed by atoms with E-state index in [0.29, 0.717) is 0 Å². The maximum Gasteiger partial charge on any atom is 0.329 e. The van der Waals surface area contributed by atoms with Crippen molar-refractivity contribution in [1.29, 1.82) is 0 Å². The van der Waals surface area contributed by atoms with Crippen LogP contribution < -0.4 is 10.1 Å². The van der Waals surface area contributed by atoms with E-state index in [1.807, 2.05) is 19.1 Å². The van der Waals surface area contributed by atoms with Crippen LogP contribution in [0.2, 0.25) is 0 Å². The van der Waals surface area contributed by atoms with Crippen LogP contribution in [0.4, 0.5) is 0 Å². The minimum atomic E-state index is -1.10. The Balaban J connectivity index is 2.42. The highest BCUT2D eigenvalue weighted by Crippen LogP contribution is 2.16. The average molecular weight is 267 g/mol. The van der Waals surface area contributed by atoms with E-state index >= 15 is 0 Å². The molecule has 0 saturated heterocycles. The molecule has 0 aliphatic rings. The molecule has 6 nitrogen and oxygen atoms in total. The van der Waals surface area contributed by atoms with E-state index < -0.39 is 12.6 Å². The molecule has 2 N–H and O–H groups in total. The zero-order chi connectivity index (χ0) is 14.3. The van der Waals surface area contributed by atoms with Crippen molar-refractivity contribution >= 4 is 11.9 Å². The molecular weight excluding hydrogens is 250 g/mol. The second-order valence-corrected chi connectivity index (χ2v) is 3.95. The van der Waals surface area contributed by atoms with Gasteiger partial charge in [0, 0.05) is 0 Å². The molecule has 0 unspecified atom stereocenters. The molecule has 1 rings (SSSR count). The number of amides is 1. The van der Waals surface area contributed by atoms with E-state index in [9.17, 15) is 9.59 Å². The van der Waals surface area contributed by atoms with Crippen LogP contribution in [0.5, 0.6) is 5.75 Å². The highest BCUT2D eigenvalue weighted by Gasteiger charge is 2.10. The molecule has 0 fully saturated rings. The molecule has 0 aliphatic heterocycles. The van der Waals surface area contributed by atoms with Crippen molar-refractivity contribution < 1.29 is 24.2 Å². The number of hydrogen-bond donors (Lipinski definition) is 2. The zero-order valence-electron chi connectivity index (χ0n) is 10.9. The van der Waals surface area contributed by atoms with Crippen LogP contribution in [-0.2, 0) is 14.3 Å². The summed E-state index contributed by atoms with van der Waals surface area (Å²) in [5, 5.41) is 11.1. The van der Waals surface area contributed by atoms with Gasteiger partial charge in [0.25, 0.3) is 0 Å². The Labute approximate surface area is 111 Å². The van der Waals surface area contributed by atoms with Crippen LogP contribution in [-0.4, -0.2) is 37.3 Å². The molecule has 0 aromatic heterocycles. The summed E-state index contributed by atoms with van der Waals surface area (Å²) in [5.41, 5.74) is 0.924. The maximum absolute atomic E-state index is 11.5. The van der Waals surface area contributed by atoms with Gasteiger partial charge in [-0.2, -0.15) is 0 Å². The van der Waals surface area contributed by atoms with Crippen molar-refractivity contribution in [1.82, 2.24) is 5.32 Å². The third kappa shape index (κ3) is 5.39. The number of carboxylic acids is 1. The first kappa shape index (κ1) is 15.0. The average Bonchev–Trinajstić information content (AvgIpc) is 2.38. The molecule has 104 valence electrons. The second kappa shape index (κ2) is 7.38. The summed E-state index contributed by atoms with van der Waals surface area (Å²) in [6.07, 6.45) is 0. The van der Waals surface area contributed by atoms with Gasteiger partial charge in [0.05, 0.1) is 13.2 Å². The molecule has 0 saturated carbocycles. The van der Waals surface area contributed by atoms with Gasteiger partial charge in [-0.25, -0.2) is 4.79 Å². The number of methoxy groups -OCH3 is 1. The van der Waals surface area contributed by atoms with Gasteiger partial charge in [-0.05, 0) is 24.6 Å². The van der Waals surface area contributed by atoms with Crippen LogP contribution in [0.1, 0.15) is 18.5 Å². The lowest BCUT2D eigenvalue weighted by Gasteiger charge is -2.14. The molecule has 0 aliphatic carbocycles. The Morgan fingerprint density at radius 3 is 2.42 bits per heavy atom. The third-order valence-electron chi connectivity index (χ3n) is 2.45. The summed E-state index contributed by atoms with van der Waals surface area (Å²) in [6, 6.07) is 7.12. The summed E-state index contributed by atoms with van der Waals surface area (Å²) >= 11 is 0. The Bertz CT molecular complexity index is 429. The topological polar surface area (TPSA) is 84.9 Å². The lowest BCUT2D eigenvalue weighted by molar-refractivity contribution is -0.143. The molecule has 1 aromatic carbocycles. The number of carbonyl (C=O) groups excluding carboxylic acids is 1. The fraction of sp³-hybridized carbons (Fsp3) is 0.385. The lowest BCUT2D eigenvalue weighted by atomic mass is 10.1. The van der Waals surface area contributed by atoms with Crippen molar-refractivity contribution in [3.8, 4) is 5.75 Å². The van der Waals surface area contributed by atoms with E-state index in [1.165, 1.54) is 0 Å². The molecule has 0 bridgehead atoms. The Kier molecular flexibility index (Phi) is 5.81. The number of nitrogens with one attached hydrogen (secondary N) is 1. The lowest BCUT2D eigenvalue weighted by Crippen LogP contribution is -2.30. The predicted octanol–water partition coefficient (Wildman–Crippen LogP) is 0.974. The van der Waals surface area contributed by atoms with Crippen molar-refractivity contribution in [2.45, 2.75) is 13.0 Å². The van der Waals surface area contributed by atoms with E-state index in [0.717, 1.165) is 11.3 Å². The maximum atomic E-state index is 11.5. The number of rotatable bonds is 7. The summed E-state index contributed by atoms with van der Waals surface area (Å²) in [4.78, 5) is 21.7. The van der Waals surface area contributed by atoms with E-state index in [1.54, 1.807) is 19.2 Å². The van der Waals surface area contributed by atoms with Gasteiger partial charge in [0.15, 0.2) is 0 Å². The van der Waals surface area contributed by atoms with Gasteiger partial charge in [0.2, 0.25) is 5.91 Å². The predicted molar refractivity (Wildman–Crippen MR) is 68.0 cm³/mol. The third-order valence-corrected chi connectivity index (χ3v) is 2.45. The van der Waals surface area contributed by atoms with E-state index in [2.05, 4.69) is 5.32 Å². The van der Waals surface area contributed by atoms with Gasteiger partial charge in [-0.15, -0.1) is 0 Å². The fourth-order valence-corrected chi connectivity index (χ4v) is 1.49. The Morgan fingerprint density at radius 1 is 1.26 bits per heavy atom. The van der Waals surface area contributed by atoms with Crippen LogP contribution in [0.25, 0.3) is 0 Å². The molecule has 1 amide bonds. The van der Waals surface area contributed by atoms with Gasteiger partial charge in [0.1, 0.15) is 19.0 Å². The number of carboxylic acid groups (broad SMARTS) is 1. The standard InChI is InChI=1S/C13H17NO5/c1-9(10-3-5-11(18-2)6-4-10)14-12(15)7-19-8-13(16)17/h3-6,9H,7-8H2,1-2H3,(H,14,15)(H,16,17)/t9-/m1/s1. The first-order chi connectivity index (χ1) is 9.02. The fourth-order valence-electron chi connectivity index (χ4n) is 1.49. The number of hydrogen-bond acceptors (Lipinski definition) is 4. The Hall–Kier alpha value is -2.08. The summed E-state index contributed by atoms with van der Waals surface area (Å²) in [5.74, 6) is -0.715. The highest BCUT2D eigenvalue weighted by molar-refractivity contribution is 5.78. The molecule has 0 heterocycles. The molecule has 19 heavy (non-hydrogen) atoms. The van der Waals surface area contributed by atoms with Crippen LogP contribution in [0.3, 0.4) is 0 Å². The van der Waals surface area contributed by atoms with Gasteiger partial charge in [-0.3, -0.25) is 4.79 Å². The summed E-state index contributed by atoms with van der Waals surface area (Å²) in [7, 11) is 1.58. The summed E-state index contributed by atoms with van der Waals surface area (Å²) in [6.45, 7) is 1.08. The van der Waals surface area contributed by atoms with Crippen molar-refractivity contribution in [2.24, 2.45) is 0 Å². The largest absolute Gasteiger partial charge is 0.497 e. The van der Waals surface area contributed by atoms with E-state index in [4.69, 9.17) is 14.6 Å². The quantitative estimate of drug-likeness (QED) is 0.769. The first-order valence-corrected chi connectivity index (χ1v) is 5.75. The van der Waals surface area contributed by atoms with Crippen LogP contribution in [0, 0.1) is 0 Å². The number of aliphatic carboxylic acids is 1. The molecule has 1 aromatic rings. The summed E-state index contributed by atoms with van der Waals surface area (Å²) < 4.78 is 9.74. The monoisotopic (exact) mass is 267 g/mol. The first-order valence-electron chi connectivity index (χ1n) is 5.75. The molecule has 1 atom stereocenters. The zero-order valence-corrected chi connectivity index (χ0v) is 10.9. The van der Waals surface area contributed by atoms with Crippen LogP contribution in [0.15, 0.2) is 24.3 Å². The smallest absolute Gasteiger partial charge is 0.329 e. The number of benzene rings is 1. The highest BCUT2D eigenvalue weighted by atomic mass is 16.5.